The first kappa shape index (κ1) is 19.8. The van der Waals surface area contributed by atoms with Crippen LogP contribution in [0.4, 0.5) is 0 Å². The SMILES string of the molecule is CC(=O)NNC(=O)COC(=O)c1cccc2c(=O)c(C)c(-c3ccccc3)oc12. The molecule has 0 aliphatic rings. The summed E-state index contributed by atoms with van der Waals surface area (Å²) in [6, 6.07) is 13.6. The molecule has 0 bridgehead atoms. The molecule has 29 heavy (non-hydrogen) atoms. The van der Waals surface area contributed by atoms with Gasteiger partial charge in [-0.25, -0.2) is 4.79 Å². The van der Waals surface area contributed by atoms with Crippen LogP contribution in [0.15, 0.2) is 57.7 Å². The minimum atomic E-state index is -0.834. The summed E-state index contributed by atoms with van der Waals surface area (Å²) in [5, 5.41) is 0.235. The predicted octanol–water partition coefficient (Wildman–Crippen LogP) is 2.09. The lowest BCUT2D eigenvalue weighted by atomic mass is 10.0. The summed E-state index contributed by atoms with van der Waals surface area (Å²) in [6.07, 6.45) is 0. The quantitative estimate of drug-likeness (QED) is 0.517. The first-order chi connectivity index (χ1) is 13.9. The zero-order valence-electron chi connectivity index (χ0n) is 15.8. The Kier molecular flexibility index (Phi) is 5.73. The third-order valence-corrected chi connectivity index (χ3v) is 4.11. The van der Waals surface area contributed by atoms with Gasteiger partial charge in [-0.3, -0.25) is 25.2 Å². The third kappa shape index (κ3) is 4.32. The van der Waals surface area contributed by atoms with Gasteiger partial charge in [-0.2, -0.15) is 0 Å². The molecule has 2 aromatic carbocycles. The molecule has 0 unspecified atom stereocenters. The summed E-state index contributed by atoms with van der Waals surface area (Å²) in [6.45, 7) is 2.26. The largest absolute Gasteiger partial charge is 0.455 e. The fourth-order valence-electron chi connectivity index (χ4n) is 2.74. The van der Waals surface area contributed by atoms with Crippen molar-refractivity contribution < 1.29 is 23.5 Å². The van der Waals surface area contributed by atoms with Gasteiger partial charge in [0.15, 0.2) is 17.6 Å². The lowest BCUT2D eigenvalue weighted by Crippen LogP contribution is -2.42. The lowest BCUT2D eigenvalue weighted by molar-refractivity contribution is -0.129. The monoisotopic (exact) mass is 394 g/mol. The van der Waals surface area contributed by atoms with Gasteiger partial charge in [-0.1, -0.05) is 36.4 Å². The first-order valence-corrected chi connectivity index (χ1v) is 8.73. The zero-order chi connectivity index (χ0) is 21.0. The molecule has 0 radical (unpaired) electrons. The van der Waals surface area contributed by atoms with Crippen LogP contribution in [0.2, 0.25) is 0 Å². The second-order valence-corrected chi connectivity index (χ2v) is 6.24. The molecule has 0 aliphatic carbocycles. The van der Waals surface area contributed by atoms with E-state index >= 15 is 0 Å². The Hall–Kier alpha value is -3.94. The topological polar surface area (TPSA) is 115 Å². The van der Waals surface area contributed by atoms with Crippen molar-refractivity contribution in [2.45, 2.75) is 13.8 Å². The molecule has 2 N–H and O–H groups in total. The molecular formula is C21H18N2O6. The predicted molar refractivity (Wildman–Crippen MR) is 105 cm³/mol. The number of hydrogen-bond donors (Lipinski definition) is 2. The Labute approximate surface area is 165 Å². The van der Waals surface area contributed by atoms with E-state index < -0.39 is 24.4 Å². The third-order valence-electron chi connectivity index (χ3n) is 4.11. The highest BCUT2D eigenvalue weighted by Gasteiger charge is 2.20. The van der Waals surface area contributed by atoms with Gasteiger partial charge in [0, 0.05) is 18.1 Å². The Bertz CT molecular complexity index is 1150. The number of rotatable bonds is 4. The lowest BCUT2D eigenvalue weighted by Gasteiger charge is -2.10. The highest BCUT2D eigenvalue weighted by Crippen LogP contribution is 2.27. The van der Waals surface area contributed by atoms with E-state index in [2.05, 4.69) is 10.9 Å². The van der Waals surface area contributed by atoms with Crippen LogP contribution in [-0.2, 0) is 14.3 Å². The number of hydrazine groups is 1. The minimum absolute atomic E-state index is 0.0177. The number of hydrogen-bond acceptors (Lipinski definition) is 6. The summed E-state index contributed by atoms with van der Waals surface area (Å²) in [5.41, 5.74) is 5.12. The Morgan fingerprint density at radius 2 is 1.72 bits per heavy atom. The number of ether oxygens (including phenoxy) is 1. The van der Waals surface area contributed by atoms with Gasteiger partial charge in [0.25, 0.3) is 5.91 Å². The number of amides is 2. The highest BCUT2D eigenvalue weighted by atomic mass is 16.5. The van der Waals surface area contributed by atoms with E-state index in [1.165, 1.54) is 19.1 Å². The minimum Gasteiger partial charge on any atom is -0.455 e. The first-order valence-electron chi connectivity index (χ1n) is 8.73. The number of carbonyl (C=O) groups is 3. The molecule has 0 aliphatic heterocycles. The van der Waals surface area contributed by atoms with Crippen molar-refractivity contribution in [1.29, 1.82) is 0 Å². The summed E-state index contributed by atoms with van der Waals surface area (Å²) in [4.78, 5) is 47.7. The van der Waals surface area contributed by atoms with Crippen molar-refractivity contribution in [3.8, 4) is 11.3 Å². The zero-order valence-corrected chi connectivity index (χ0v) is 15.8. The van der Waals surface area contributed by atoms with Crippen molar-refractivity contribution >= 4 is 28.8 Å². The van der Waals surface area contributed by atoms with E-state index in [-0.39, 0.29) is 22.0 Å². The Morgan fingerprint density at radius 3 is 2.41 bits per heavy atom. The van der Waals surface area contributed by atoms with Gasteiger partial charge in [0.05, 0.1) is 5.39 Å². The molecule has 2 amide bonds. The molecule has 0 saturated heterocycles. The Balaban J connectivity index is 1.95. The average molecular weight is 394 g/mol. The van der Waals surface area contributed by atoms with Crippen LogP contribution in [0, 0.1) is 6.92 Å². The molecule has 1 aromatic heterocycles. The summed E-state index contributed by atoms with van der Waals surface area (Å²) >= 11 is 0. The van der Waals surface area contributed by atoms with Crippen molar-refractivity contribution in [2.75, 3.05) is 6.61 Å². The normalized spacial score (nSPS) is 10.4. The maximum atomic E-state index is 12.8. The van der Waals surface area contributed by atoms with Gasteiger partial charge in [0.1, 0.15) is 11.3 Å². The van der Waals surface area contributed by atoms with Crippen LogP contribution in [0.3, 0.4) is 0 Å². The van der Waals surface area contributed by atoms with Gasteiger partial charge < -0.3 is 9.15 Å². The van der Waals surface area contributed by atoms with Crippen molar-refractivity contribution in [2.24, 2.45) is 0 Å². The van der Waals surface area contributed by atoms with Crippen molar-refractivity contribution in [3.63, 3.8) is 0 Å². The molecule has 148 valence electrons. The molecule has 3 aromatic rings. The standard InChI is InChI=1S/C21H18N2O6/c1-12-18(26)15-9-6-10-16(21(27)28-11-17(25)23-22-13(2)24)20(15)29-19(12)14-7-4-3-5-8-14/h3-10H,11H2,1-2H3,(H,22,24)(H,23,25). The smallest absolute Gasteiger partial charge is 0.342 e. The van der Waals surface area contributed by atoms with Crippen molar-refractivity contribution in [1.82, 2.24) is 10.9 Å². The number of carbonyl (C=O) groups excluding carboxylic acids is 3. The molecule has 0 fully saturated rings. The van der Waals surface area contributed by atoms with E-state index in [9.17, 15) is 19.2 Å². The van der Waals surface area contributed by atoms with Gasteiger partial charge in [-0.15, -0.1) is 0 Å². The fourth-order valence-corrected chi connectivity index (χ4v) is 2.74. The van der Waals surface area contributed by atoms with E-state index in [4.69, 9.17) is 9.15 Å². The summed E-state index contributed by atoms with van der Waals surface area (Å²) in [7, 11) is 0. The number of fused-ring (bicyclic) bond motifs is 1. The van der Waals surface area contributed by atoms with Crippen molar-refractivity contribution in [3.05, 3.63) is 69.9 Å². The fraction of sp³-hybridized carbons (Fsp3) is 0.143. The maximum Gasteiger partial charge on any atom is 0.342 e. The number of benzene rings is 2. The van der Waals surface area contributed by atoms with Crippen LogP contribution in [0.5, 0.6) is 0 Å². The molecule has 8 heteroatoms. The molecule has 3 rings (SSSR count). The van der Waals surface area contributed by atoms with Gasteiger partial charge in [-0.05, 0) is 19.1 Å². The van der Waals surface area contributed by atoms with E-state index in [0.29, 0.717) is 16.9 Å². The van der Waals surface area contributed by atoms with Crippen LogP contribution < -0.4 is 16.3 Å². The molecule has 1 heterocycles. The second kappa shape index (κ2) is 8.39. The highest BCUT2D eigenvalue weighted by molar-refractivity contribution is 6.02. The van der Waals surface area contributed by atoms with E-state index in [1.54, 1.807) is 25.1 Å². The van der Waals surface area contributed by atoms with E-state index in [1.807, 2.05) is 18.2 Å². The van der Waals surface area contributed by atoms with Crippen LogP contribution in [-0.4, -0.2) is 24.4 Å². The summed E-state index contributed by atoms with van der Waals surface area (Å²) < 4.78 is 10.9. The second-order valence-electron chi connectivity index (χ2n) is 6.24. The van der Waals surface area contributed by atoms with Crippen LogP contribution in [0.1, 0.15) is 22.8 Å². The number of nitrogens with one attached hydrogen (secondary N) is 2. The molecule has 0 atom stereocenters. The van der Waals surface area contributed by atoms with Gasteiger partial charge in [0.2, 0.25) is 5.91 Å². The molecular weight excluding hydrogens is 376 g/mol. The molecule has 0 spiro atoms. The maximum absolute atomic E-state index is 12.8. The Morgan fingerprint density at radius 1 is 1.00 bits per heavy atom. The van der Waals surface area contributed by atoms with Gasteiger partial charge >= 0.3 is 5.97 Å². The summed E-state index contributed by atoms with van der Waals surface area (Å²) in [5.74, 6) is -1.66. The van der Waals surface area contributed by atoms with Crippen LogP contribution >= 0.6 is 0 Å². The van der Waals surface area contributed by atoms with Crippen LogP contribution in [0.25, 0.3) is 22.3 Å². The molecule has 0 saturated carbocycles. The number of esters is 1. The van der Waals surface area contributed by atoms with E-state index in [0.717, 1.165) is 0 Å². The number of para-hydroxylation sites is 1. The molecule has 8 nitrogen and oxygen atoms in total. The average Bonchev–Trinajstić information content (AvgIpc) is 2.73.